The van der Waals surface area contributed by atoms with Gasteiger partial charge in [0.15, 0.2) is 0 Å². The molecule has 0 unspecified atom stereocenters. The number of benzene rings is 2. The molecule has 192 valence electrons. The number of pyridine rings is 2. The highest BCUT2D eigenvalue weighted by atomic mass is 32.2. The molecule has 0 fully saturated rings. The van der Waals surface area contributed by atoms with Crippen LogP contribution in [0.5, 0.6) is 5.75 Å². The van der Waals surface area contributed by atoms with Crippen molar-refractivity contribution in [3.8, 4) is 28.1 Å². The maximum Gasteiger partial charge on any atom is 0.287 e. The largest absolute Gasteiger partial charge is 0.487 e. The minimum absolute atomic E-state index is 0.0380. The zero-order valence-electron chi connectivity index (χ0n) is 21.0. The van der Waals surface area contributed by atoms with E-state index in [1.54, 1.807) is 17.1 Å². The van der Waals surface area contributed by atoms with Crippen molar-refractivity contribution in [2.45, 2.75) is 6.61 Å². The number of amides is 1. The van der Waals surface area contributed by atoms with Crippen LogP contribution in [0.1, 0.15) is 16.1 Å². The third kappa shape index (κ3) is 5.60. The molecule has 5 rings (SSSR count). The molecule has 5 aromatic rings. The molecule has 0 aliphatic heterocycles. The van der Waals surface area contributed by atoms with E-state index in [-0.39, 0.29) is 12.2 Å². The van der Waals surface area contributed by atoms with Crippen molar-refractivity contribution in [3.63, 3.8) is 0 Å². The molecule has 1 amide bonds. The van der Waals surface area contributed by atoms with Crippen molar-refractivity contribution in [1.82, 2.24) is 19.7 Å². The summed E-state index contributed by atoms with van der Waals surface area (Å²) in [4.78, 5) is 21.4. The van der Waals surface area contributed by atoms with Gasteiger partial charge >= 0.3 is 0 Å². The standard InChI is InChI=1S/C28H24FN5O3S/c1-34-16-24(18-10-12-30-13-11-18)27(32-34)19-4-7-22(8-5-19)37-17-26-23(28(35)33-38(2,3)36)15-20-14-21(29)6-9-25(20)31-26/h4-16H,17H2,1-3H3. The summed E-state index contributed by atoms with van der Waals surface area (Å²) in [6, 6.07) is 16.9. The fraction of sp³-hybridized carbons (Fsp3) is 0.143. The van der Waals surface area contributed by atoms with E-state index in [0.29, 0.717) is 22.3 Å². The van der Waals surface area contributed by atoms with Crippen LogP contribution in [0.25, 0.3) is 33.3 Å². The maximum absolute atomic E-state index is 13.8. The van der Waals surface area contributed by atoms with E-state index in [1.165, 1.54) is 36.8 Å². The van der Waals surface area contributed by atoms with E-state index in [0.717, 1.165) is 22.4 Å². The Hall–Kier alpha value is -4.44. The molecule has 10 heteroatoms. The molecule has 0 N–H and O–H groups in total. The lowest BCUT2D eigenvalue weighted by Crippen LogP contribution is -2.09. The van der Waals surface area contributed by atoms with Gasteiger partial charge in [-0.3, -0.25) is 14.5 Å². The first-order chi connectivity index (χ1) is 18.2. The maximum atomic E-state index is 13.8. The Morgan fingerprint density at radius 3 is 2.47 bits per heavy atom. The van der Waals surface area contributed by atoms with Crippen LogP contribution in [0, 0.1) is 5.82 Å². The van der Waals surface area contributed by atoms with Gasteiger partial charge in [0.2, 0.25) is 0 Å². The lowest BCUT2D eigenvalue weighted by atomic mass is 10.0. The van der Waals surface area contributed by atoms with Gasteiger partial charge in [-0.25, -0.2) is 13.6 Å². The van der Waals surface area contributed by atoms with Gasteiger partial charge in [-0.2, -0.15) is 9.46 Å². The molecule has 0 saturated heterocycles. The van der Waals surface area contributed by atoms with Crippen LogP contribution in [-0.2, 0) is 23.4 Å². The highest BCUT2D eigenvalue weighted by molar-refractivity contribution is 7.92. The van der Waals surface area contributed by atoms with Crippen molar-refractivity contribution in [3.05, 3.63) is 96.3 Å². The number of hydrogen-bond donors (Lipinski definition) is 0. The number of aryl methyl sites for hydroxylation is 1. The average molecular weight is 530 g/mol. The van der Waals surface area contributed by atoms with Gasteiger partial charge in [0, 0.05) is 64.4 Å². The Bertz CT molecular complexity index is 1770. The molecule has 3 aromatic heterocycles. The smallest absolute Gasteiger partial charge is 0.287 e. The molecular formula is C28H24FN5O3S. The number of carbonyl (C=O) groups excluding carboxylic acids is 1. The van der Waals surface area contributed by atoms with Crippen molar-refractivity contribution in [1.29, 1.82) is 0 Å². The van der Waals surface area contributed by atoms with Crippen LogP contribution in [-0.4, -0.2) is 42.4 Å². The van der Waals surface area contributed by atoms with E-state index < -0.39 is 21.5 Å². The number of hydrogen-bond acceptors (Lipinski definition) is 6. The number of nitrogens with zero attached hydrogens (tertiary/aromatic N) is 5. The van der Waals surface area contributed by atoms with Crippen molar-refractivity contribution >= 4 is 26.5 Å². The van der Waals surface area contributed by atoms with Gasteiger partial charge in [0.25, 0.3) is 5.91 Å². The van der Waals surface area contributed by atoms with Crippen molar-refractivity contribution in [2.24, 2.45) is 11.4 Å². The van der Waals surface area contributed by atoms with Gasteiger partial charge < -0.3 is 4.74 Å². The Labute approximate surface area is 219 Å². The van der Waals surface area contributed by atoms with E-state index >= 15 is 0 Å². The number of carbonyl (C=O) groups is 1. The number of fused-ring (bicyclic) bond motifs is 1. The molecule has 0 aliphatic rings. The van der Waals surface area contributed by atoms with Crippen LogP contribution in [0.2, 0.25) is 0 Å². The van der Waals surface area contributed by atoms with Gasteiger partial charge in [-0.15, -0.1) is 0 Å². The SMILES string of the molecule is Cn1cc(-c2ccncc2)c(-c2ccc(OCc3nc4ccc(F)cc4cc3C(=O)N=S(C)(C)=O)cc2)n1. The molecule has 0 atom stereocenters. The quantitative estimate of drug-likeness (QED) is 0.297. The minimum atomic E-state index is -2.70. The average Bonchev–Trinajstić information content (AvgIpc) is 3.28. The van der Waals surface area contributed by atoms with Crippen molar-refractivity contribution in [2.75, 3.05) is 12.5 Å². The monoisotopic (exact) mass is 529 g/mol. The Balaban J connectivity index is 1.43. The third-order valence-corrected chi connectivity index (χ3v) is 6.32. The molecule has 3 heterocycles. The first kappa shape index (κ1) is 25.2. The highest BCUT2D eigenvalue weighted by Gasteiger charge is 2.17. The Morgan fingerprint density at radius 2 is 1.76 bits per heavy atom. The molecule has 0 spiro atoms. The first-order valence-corrected chi connectivity index (χ1v) is 14.0. The third-order valence-electron chi connectivity index (χ3n) is 5.71. The normalized spacial score (nSPS) is 11.5. The number of aromatic nitrogens is 4. The number of rotatable bonds is 6. The predicted octanol–water partition coefficient (Wildman–Crippen LogP) is 5.28. The molecule has 0 bridgehead atoms. The predicted molar refractivity (Wildman–Crippen MR) is 145 cm³/mol. The number of halogens is 1. The Morgan fingerprint density at radius 1 is 1.03 bits per heavy atom. The highest BCUT2D eigenvalue weighted by Crippen LogP contribution is 2.31. The number of ether oxygens (including phenoxy) is 1. The topological polar surface area (TPSA) is 99.3 Å². The molecular weight excluding hydrogens is 505 g/mol. The van der Waals surface area contributed by atoms with Gasteiger partial charge in [-0.05, 0) is 66.2 Å². The summed E-state index contributed by atoms with van der Waals surface area (Å²) in [5.74, 6) is -0.582. The molecule has 0 aliphatic carbocycles. The summed E-state index contributed by atoms with van der Waals surface area (Å²) >= 11 is 0. The fourth-order valence-electron chi connectivity index (χ4n) is 4.04. The Kier molecular flexibility index (Phi) is 6.73. The van der Waals surface area contributed by atoms with Crippen LogP contribution in [0.4, 0.5) is 4.39 Å². The molecule has 38 heavy (non-hydrogen) atoms. The molecule has 0 radical (unpaired) electrons. The van der Waals surface area contributed by atoms with Crippen LogP contribution >= 0.6 is 0 Å². The molecule has 8 nitrogen and oxygen atoms in total. The van der Waals surface area contributed by atoms with E-state index in [1.807, 2.05) is 49.6 Å². The molecule has 0 saturated carbocycles. The minimum Gasteiger partial charge on any atom is -0.487 e. The molecule has 2 aromatic carbocycles. The second-order valence-electron chi connectivity index (χ2n) is 9.01. The summed E-state index contributed by atoms with van der Waals surface area (Å²) in [5.41, 5.74) is 4.66. The van der Waals surface area contributed by atoms with Crippen molar-refractivity contribution < 1.29 is 18.1 Å². The zero-order chi connectivity index (χ0) is 26.9. The summed E-state index contributed by atoms with van der Waals surface area (Å²) in [7, 11) is -0.826. The van der Waals surface area contributed by atoms with Crippen LogP contribution in [0.15, 0.2) is 83.6 Å². The van der Waals surface area contributed by atoms with E-state index in [4.69, 9.17) is 4.74 Å². The second-order valence-corrected chi connectivity index (χ2v) is 11.6. The van der Waals surface area contributed by atoms with Crippen LogP contribution in [0.3, 0.4) is 0 Å². The van der Waals surface area contributed by atoms with Crippen LogP contribution < -0.4 is 4.74 Å². The summed E-state index contributed by atoms with van der Waals surface area (Å²) in [6.07, 6.45) is 8.19. The van der Waals surface area contributed by atoms with Gasteiger partial charge in [0.05, 0.1) is 16.8 Å². The summed E-state index contributed by atoms with van der Waals surface area (Å²) in [5, 5.41) is 5.06. The zero-order valence-corrected chi connectivity index (χ0v) is 21.8. The first-order valence-electron chi connectivity index (χ1n) is 11.6. The lowest BCUT2D eigenvalue weighted by Gasteiger charge is -2.11. The fourth-order valence-corrected chi connectivity index (χ4v) is 4.53. The van der Waals surface area contributed by atoms with Gasteiger partial charge in [0.1, 0.15) is 23.9 Å². The summed E-state index contributed by atoms with van der Waals surface area (Å²) in [6.45, 7) is -0.0380. The summed E-state index contributed by atoms with van der Waals surface area (Å²) < 4.78 is 37.4. The second kappa shape index (κ2) is 10.1. The van der Waals surface area contributed by atoms with E-state index in [2.05, 4.69) is 19.4 Å². The lowest BCUT2D eigenvalue weighted by molar-refractivity contribution is 0.100. The van der Waals surface area contributed by atoms with E-state index in [9.17, 15) is 13.4 Å². The van der Waals surface area contributed by atoms with Gasteiger partial charge in [-0.1, -0.05) is 0 Å².